The first-order valence-corrected chi connectivity index (χ1v) is 12.2. The lowest BCUT2D eigenvalue weighted by Crippen LogP contribution is -2.37. The Bertz CT molecular complexity index is 1020. The highest BCUT2D eigenvalue weighted by Crippen LogP contribution is 2.46. The zero-order valence-electron chi connectivity index (χ0n) is 18.0. The number of aryl methyl sites for hydroxylation is 1. The first-order valence-electron chi connectivity index (χ1n) is 11.3. The Labute approximate surface area is 187 Å². The number of fused-ring (bicyclic) bond motifs is 1. The molecular weight excluding hydrogens is 406 g/mol. The van der Waals surface area contributed by atoms with Crippen LogP contribution >= 0.6 is 11.3 Å². The van der Waals surface area contributed by atoms with Gasteiger partial charge in [0.2, 0.25) is 0 Å². The zero-order valence-corrected chi connectivity index (χ0v) is 18.8. The molecule has 1 amide bonds. The first kappa shape index (κ1) is 20.5. The summed E-state index contributed by atoms with van der Waals surface area (Å²) in [5.41, 5.74) is 3.93. The number of thiophene rings is 1. The van der Waals surface area contributed by atoms with Crippen molar-refractivity contribution in [3.8, 4) is 0 Å². The molecule has 1 aliphatic carbocycles. The number of carbonyl (C=O) groups is 1. The first-order chi connectivity index (χ1) is 15.2. The monoisotopic (exact) mass is 435 g/mol. The maximum Gasteiger partial charge on any atom is 0.291 e. The Morgan fingerprint density at radius 2 is 2.06 bits per heavy atom. The second-order valence-electron chi connectivity index (χ2n) is 8.79. The number of amides is 1. The normalized spacial score (nSPS) is 18.5. The van der Waals surface area contributed by atoms with Gasteiger partial charge in [0.25, 0.3) is 5.91 Å². The Morgan fingerprint density at radius 1 is 1.23 bits per heavy atom. The number of nitrogens with one attached hydrogen (secondary N) is 1. The molecule has 5 rings (SSSR count). The van der Waals surface area contributed by atoms with E-state index in [0.717, 1.165) is 36.9 Å². The lowest BCUT2D eigenvalue weighted by atomic mass is 9.87. The van der Waals surface area contributed by atoms with E-state index in [1.54, 1.807) is 29.7 Å². The van der Waals surface area contributed by atoms with Gasteiger partial charge < -0.3 is 9.73 Å². The standard InChI is InChI=1S/C25H29N3O2S/c1-17-10-13-28(14-11-17)23(18-6-4-12-26-16-18)22-19-7-2-3-9-21(19)31-25(22)27-24(29)20-8-5-15-30-20/h4-6,8,12,15-17,23H,2-3,7,9-11,13-14H2,1H3,(H,27,29)/t23-/m1/s1. The van der Waals surface area contributed by atoms with Crippen LogP contribution < -0.4 is 5.32 Å². The molecule has 1 N–H and O–H groups in total. The van der Waals surface area contributed by atoms with Crippen molar-refractivity contribution in [2.24, 2.45) is 5.92 Å². The quantitative estimate of drug-likeness (QED) is 0.559. The van der Waals surface area contributed by atoms with Gasteiger partial charge in [0.05, 0.1) is 12.3 Å². The van der Waals surface area contributed by atoms with Crippen LogP contribution in [0.3, 0.4) is 0 Å². The van der Waals surface area contributed by atoms with Crippen LogP contribution in [0.25, 0.3) is 0 Å². The van der Waals surface area contributed by atoms with Crippen LogP contribution in [0.15, 0.2) is 47.3 Å². The number of nitrogens with zero attached hydrogens (tertiary/aromatic N) is 2. The Balaban J connectivity index is 1.59. The van der Waals surface area contributed by atoms with Gasteiger partial charge in [0.15, 0.2) is 5.76 Å². The molecule has 0 saturated carbocycles. The van der Waals surface area contributed by atoms with Crippen molar-refractivity contribution in [3.63, 3.8) is 0 Å². The summed E-state index contributed by atoms with van der Waals surface area (Å²) in [5, 5.41) is 4.18. The van der Waals surface area contributed by atoms with E-state index in [1.807, 2.05) is 18.5 Å². The molecule has 0 bridgehead atoms. The average Bonchev–Trinajstić information content (AvgIpc) is 3.45. The molecule has 1 saturated heterocycles. The number of carbonyl (C=O) groups excluding carboxylic acids is 1. The van der Waals surface area contributed by atoms with Gasteiger partial charge in [-0.15, -0.1) is 11.3 Å². The predicted molar refractivity (Wildman–Crippen MR) is 124 cm³/mol. The molecule has 4 heterocycles. The maximum absolute atomic E-state index is 12.9. The van der Waals surface area contributed by atoms with Crippen molar-refractivity contribution in [1.29, 1.82) is 0 Å². The van der Waals surface area contributed by atoms with E-state index in [9.17, 15) is 4.79 Å². The van der Waals surface area contributed by atoms with Crippen molar-refractivity contribution in [3.05, 3.63) is 70.3 Å². The molecule has 0 aromatic carbocycles. The topological polar surface area (TPSA) is 58.4 Å². The van der Waals surface area contributed by atoms with E-state index >= 15 is 0 Å². The van der Waals surface area contributed by atoms with E-state index in [4.69, 9.17) is 4.42 Å². The molecule has 1 fully saturated rings. The third-order valence-corrected chi connectivity index (χ3v) is 7.86. The molecule has 0 radical (unpaired) electrons. The molecule has 2 aliphatic rings. The third-order valence-electron chi connectivity index (χ3n) is 6.64. The Hall–Kier alpha value is -2.44. The van der Waals surface area contributed by atoms with Crippen LogP contribution in [0.5, 0.6) is 0 Å². The fourth-order valence-corrected chi connectivity index (χ4v) is 6.25. The summed E-state index contributed by atoms with van der Waals surface area (Å²) < 4.78 is 5.35. The minimum absolute atomic E-state index is 0.117. The number of hydrogen-bond donors (Lipinski definition) is 1. The summed E-state index contributed by atoms with van der Waals surface area (Å²) in [5.74, 6) is 0.935. The third kappa shape index (κ3) is 4.19. The van der Waals surface area contributed by atoms with Crippen molar-refractivity contribution >= 4 is 22.2 Å². The fraction of sp³-hybridized carbons (Fsp3) is 0.440. The summed E-state index contributed by atoms with van der Waals surface area (Å²) in [6.07, 6.45) is 12.4. The lowest BCUT2D eigenvalue weighted by molar-refractivity contribution is 0.0996. The van der Waals surface area contributed by atoms with Gasteiger partial charge in [0, 0.05) is 22.8 Å². The number of piperidine rings is 1. The van der Waals surface area contributed by atoms with E-state index in [0.29, 0.717) is 5.76 Å². The fourth-order valence-electron chi connectivity index (χ4n) is 4.93. The van der Waals surface area contributed by atoms with Crippen molar-refractivity contribution in [2.75, 3.05) is 18.4 Å². The van der Waals surface area contributed by atoms with Crippen LogP contribution in [0, 0.1) is 5.92 Å². The number of likely N-dealkylation sites (tertiary alicyclic amines) is 1. The summed E-state index contributed by atoms with van der Waals surface area (Å²) in [6, 6.07) is 7.79. The second-order valence-corrected chi connectivity index (χ2v) is 9.90. The zero-order chi connectivity index (χ0) is 21.2. The minimum Gasteiger partial charge on any atom is -0.459 e. The SMILES string of the molecule is CC1CCN([C@H](c2cccnc2)c2c(NC(=O)c3ccco3)sc3c2CCCC3)CC1. The molecular formula is C25H29N3O2S. The number of furan rings is 1. The summed E-state index contributed by atoms with van der Waals surface area (Å²) >= 11 is 1.75. The van der Waals surface area contributed by atoms with E-state index in [1.165, 1.54) is 47.3 Å². The van der Waals surface area contributed by atoms with Crippen LogP contribution in [0.4, 0.5) is 5.00 Å². The molecule has 0 spiro atoms. The number of anilines is 1. The molecule has 1 atom stereocenters. The average molecular weight is 436 g/mol. The Kier molecular flexibility index (Phi) is 5.92. The summed E-state index contributed by atoms with van der Waals surface area (Å²) in [6.45, 7) is 4.48. The van der Waals surface area contributed by atoms with Gasteiger partial charge in [-0.2, -0.15) is 0 Å². The highest BCUT2D eigenvalue weighted by molar-refractivity contribution is 7.16. The number of pyridine rings is 1. The predicted octanol–water partition coefficient (Wildman–Crippen LogP) is 5.69. The molecule has 3 aromatic heterocycles. The molecule has 1 aliphatic heterocycles. The van der Waals surface area contributed by atoms with Gasteiger partial charge in [-0.3, -0.25) is 14.7 Å². The van der Waals surface area contributed by atoms with Gasteiger partial charge in [-0.1, -0.05) is 13.0 Å². The Morgan fingerprint density at radius 3 is 2.81 bits per heavy atom. The van der Waals surface area contributed by atoms with E-state index in [2.05, 4.69) is 28.2 Å². The lowest BCUT2D eigenvalue weighted by Gasteiger charge is -2.38. The maximum atomic E-state index is 12.9. The van der Waals surface area contributed by atoms with E-state index in [-0.39, 0.29) is 11.9 Å². The largest absolute Gasteiger partial charge is 0.459 e. The number of aromatic nitrogens is 1. The van der Waals surface area contributed by atoms with Crippen LogP contribution in [-0.4, -0.2) is 28.9 Å². The summed E-state index contributed by atoms with van der Waals surface area (Å²) in [4.78, 5) is 21.4. The highest BCUT2D eigenvalue weighted by Gasteiger charge is 2.33. The van der Waals surface area contributed by atoms with Gasteiger partial charge >= 0.3 is 0 Å². The molecule has 6 heteroatoms. The molecule has 31 heavy (non-hydrogen) atoms. The van der Waals surface area contributed by atoms with Crippen LogP contribution in [0.1, 0.15) is 70.8 Å². The molecule has 0 unspecified atom stereocenters. The molecule has 5 nitrogen and oxygen atoms in total. The van der Waals surface area contributed by atoms with Crippen LogP contribution in [0.2, 0.25) is 0 Å². The van der Waals surface area contributed by atoms with Crippen molar-refractivity contribution in [1.82, 2.24) is 9.88 Å². The smallest absolute Gasteiger partial charge is 0.291 e. The highest BCUT2D eigenvalue weighted by atomic mass is 32.1. The second kappa shape index (κ2) is 8.97. The minimum atomic E-state index is -0.179. The van der Waals surface area contributed by atoms with Gasteiger partial charge in [-0.25, -0.2) is 0 Å². The van der Waals surface area contributed by atoms with Crippen molar-refractivity contribution in [2.45, 2.75) is 51.5 Å². The summed E-state index contributed by atoms with van der Waals surface area (Å²) in [7, 11) is 0. The van der Waals surface area contributed by atoms with E-state index < -0.39 is 0 Å². The number of hydrogen-bond acceptors (Lipinski definition) is 5. The van der Waals surface area contributed by atoms with Crippen LogP contribution in [-0.2, 0) is 12.8 Å². The van der Waals surface area contributed by atoms with Gasteiger partial charge in [-0.05, 0) is 86.9 Å². The van der Waals surface area contributed by atoms with Crippen molar-refractivity contribution < 1.29 is 9.21 Å². The van der Waals surface area contributed by atoms with Gasteiger partial charge in [0.1, 0.15) is 5.00 Å². The molecule has 3 aromatic rings. The molecule has 162 valence electrons. The number of rotatable bonds is 5.